The van der Waals surface area contributed by atoms with Gasteiger partial charge < -0.3 is 0 Å². The first-order chi connectivity index (χ1) is 4.81. The monoisotopic (exact) mass is 136 g/mol. The van der Waals surface area contributed by atoms with E-state index >= 15 is 0 Å². The molecule has 1 atom stereocenters. The molecule has 0 N–H and O–H groups in total. The summed E-state index contributed by atoms with van der Waals surface area (Å²) in [4.78, 5) is 0. The minimum Gasteiger partial charge on any atom is -0.0991 e. The zero-order valence-electron chi connectivity index (χ0n) is 6.88. The maximum Gasteiger partial charge on any atom is -0.0224 e. The summed E-state index contributed by atoms with van der Waals surface area (Å²) in [6.07, 6.45) is 11.4. The van der Waals surface area contributed by atoms with Gasteiger partial charge in [0.25, 0.3) is 0 Å². The van der Waals surface area contributed by atoms with Crippen molar-refractivity contribution in [1.29, 1.82) is 0 Å². The Balaban J connectivity index is 3.51. The molecule has 10 heavy (non-hydrogen) atoms. The third-order valence-electron chi connectivity index (χ3n) is 1.32. The highest BCUT2D eigenvalue weighted by Gasteiger charge is 1.89. The summed E-state index contributed by atoms with van der Waals surface area (Å²) in [5, 5.41) is 0. The fraction of sp³-hybridized carbons (Fsp3) is 0.400. The summed E-state index contributed by atoms with van der Waals surface area (Å²) >= 11 is 0. The predicted molar refractivity (Wildman–Crippen MR) is 47.9 cm³/mol. The quantitative estimate of drug-likeness (QED) is 0.411. The first-order valence-corrected chi connectivity index (χ1v) is 3.71. The van der Waals surface area contributed by atoms with Gasteiger partial charge in [0, 0.05) is 0 Å². The fourth-order valence-corrected chi connectivity index (χ4v) is 0.698. The van der Waals surface area contributed by atoms with Crippen molar-refractivity contribution in [3.63, 3.8) is 0 Å². The molecule has 0 radical (unpaired) electrons. The summed E-state index contributed by atoms with van der Waals surface area (Å²) in [6, 6.07) is 0. The van der Waals surface area contributed by atoms with Crippen molar-refractivity contribution in [3.05, 3.63) is 37.0 Å². The summed E-state index contributed by atoms with van der Waals surface area (Å²) < 4.78 is 0. The van der Waals surface area contributed by atoms with Gasteiger partial charge in [-0.05, 0) is 19.3 Å². The van der Waals surface area contributed by atoms with Crippen LogP contribution in [0.15, 0.2) is 37.0 Å². The van der Waals surface area contributed by atoms with Gasteiger partial charge in [-0.2, -0.15) is 0 Å². The fourth-order valence-electron chi connectivity index (χ4n) is 0.698. The number of rotatable bonds is 4. The number of hydrogen-bond acceptors (Lipinski definition) is 0. The molecule has 0 rings (SSSR count). The van der Waals surface area contributed by atoms with Crippen LogP contribution in [0.2, 0.25) is 0 Å². The molecule has 0 bridgehead atoms. The Kier molecular flexibility index (Phi) is 5.85. The maximum absolute atomic E-state index is 3.61. The number of allylic oxidation sites excluding steroid dienone is 5. The van der Waals surface area contributed by atoms with E-state index in [0.717, 1.165) is 6.42 Å². The highest BCUT2D eigenvalue weighted by Crippen LogP contribution is 2.03. The van der Waals surface area contributed by atoms with Gasteiger partial charge >= 0.3 is 0 Å². The second kappa shape index (κ2) is 6.34. The molecule has 0 aromatic rings. The second-order valence-corrected chi connectivity index (χ2v) is 2.40. The van der Waals surface area contributed by atoms with Gasteiger partial charge in [0.1, 0.15) is 0 Å². The van der Waals surface area contributed by atoms with Crippen LogP contribution in [0.4, 0.5) is 0 Å². The van der Waals surface area contributed by atoms with E-state index in [1.165, 1.54) is 0 Å². The summed E-state index contributed by atoms with van der Waals surface area (Å²) in [6.45, 7) is 7.85. The van der Waals surface area contributed by atoms with Gasteiger partial charge in [-0.1, -0.05) is 43.9 Å². The van der Waals surface area contributed by atoms with Crippen LogP contribution < -0.4 is 0 Å². The minimum atomic E-state index is 0.634. The molecule has 0 spiro atoms. The largest absolute Gasteiger partial charge is 0.0991 e. The molecule has 0 aliphatic heterocycles. The van der Waals surface area contributed by atoms with E-state index in [2.05, 4.69) is 31.7 Å². The van der Waals surface area contributed by atoms with Crippen molar-refractivity contribution >= 4 is 0 Å². The van der Waals surface area contributed by atoms with Gasteiger partial charge in [-0.25, -0.2) is 0 Å². The molecule has 0 nitrogen and oxygen atoms in total. The van der Waals surface area contributed by atoms with Crippen LogP contribution >= 0.6 is 0 Å². The lowest BCUT2D eigenvalue weighted by Gasteiger charge is -1.98. The van der Waals surface area contributed by atoms with E-state index in [9.17, 15) is 0 Å². The molecule has 0 saturated carbocycles. The van der Waals surface area contributed by atoms with Crippen molar-refractivity contribution in [1.82, 2.24) is 0 Å². The van der Waals surface area contributed by atoms with Crippen molar-refractivity contribution in [2.75, 3.05) is 0 Å². The Morgan fingerprint density at radius 2 is 2.20 bits per heavy atom. The second-order valence-electron chi connectivity index (χ2n) is 2.40. The van der Waals surface area contributed by atoms with Crippen molar-refractivity contribution < 1.29 is 0 Å². The lowest BCUT2D eigenvalue weighted by atomic mass is 10.1. The average Bonchev–Trinajstić information content (AvgIpc) is 1.97. The van der Waals surface area contributed by atoms with Gasteiger partial charge in [-0.15, -0.1) is 0 Å². The van der Waals surface area contributed by atoms with Gasteiger partial charge in [0.05, 0.1) is 0 Å². The Bertz CT molecular complexity index is 129. The van der Waals surface area contributed by atoms with Crippen LogP contribution in [0.3, 0.4) is 0 Å². The normalized spacial score (nSPS) is 14.6. The van der Waals surface area contributed by atoms with Crippen molar-refractivity contribution in [2.45, 2.75) is 20.3 Å². The third-order valence-corrected chi connectivity index (χ3v) is 1.32. The highest BCUT2D eigenvalue weighted by molar-refractivity contribution is 5.00. The molecule has 0 aromatic carbocycles. The van der Waals surface area contributed by atoms with Crippen LogP contribution in [0.25, 0.3) is 0 Å². The SMILES string of the molecule is C=C/C=C\C(C)C/C=C\C. The van der Waals surface area contributed by atoms with E-state index in [4.69, 9.17) is 0 Å². The van der Waals surface area contributed by atoms with Crippen molar-refractivity contribution in [2.24, 2.45) is 5.92 Å². The lowest BCUT2D eigenvalue weighted by molar-refractivity contribution is 0.744. The third kappa shape index (κ3) is 5.36. The minimum absolute atomic E-state index is 0.634. The molecule has 0 aliphatic carbocycles. The van der Waals surface area contributed by atoms with E-state index in [0.29, 0.717) is 5.92 Å². The molecule has 0 aliphatic rings. The highest BCUT2D eigenvalue weighted by atomic mass is 13.9. The molecule has 0 fully saturated rings. The van der Waals surface area contributed by atoms with Crippen LogP contribution in [0.5, 0.6) is 0 Å². The molecular formula is C10H16. The standard InChI is InChI=1S/C10H16/c1-4-6-8-10(3)9-7-5-2/h4-8,10H,1,9H2,2-3H3/b7-5-,8-6-. The Morgan fingerprint density at radius 1 is 1.50 bits per heavy atom. The Labute approximate surface area is 64.0 Å². The Morgan fingerprint density at radius 3 is 2.70 bits per heavy atom. The van der Waals surface area contributed by atoms with E-state index in [1.807, 2.05) is 19.1 Å². The molecule has 0 saturated heterocycles. The van der Waals surface area contributed by atoms with E-state index in [-0.39, 0.29) is 0 Å². The summed E-state index contributed by atoms with van der Waals surface area (Å²) in [5.74, 6) is 0.634. The molecule has 0 aromatic heterocycles. The van der Waals surface area contributed by atoms with Crippen LogP contribution in [-0.4, -0.2) is 0 Å². The van der Waals surface area contributed by atoms with Crippen molar-refractivity contribution in [3.8, 4) is 0 Å². The summed E-state index contributed by atoms with van der Waals surface area (Å²) in [7, 11) is 0. The number of hydrogen-bond donors (Lipinski definition) is 0. The van der Waals surface area contributed by atoms with Crippen LogP contribution in [0, 0.1) is 5.92 Å². The first-order valence-electron chi connectivity index (χ1n) is 3.71. The zero-order chi connectivity index (χ0) is 7.82. The molecular weight excluding hydrogens is 120 g/mol. The zero-order valence-corrected chi connectivity index (χ0v) is 6.88. The predicted octanol–water partition coefficient (Wildman–Crippen LogP) is 3.33. The molecule has 0 heterocycles. The lowest BCUT2D eigenvalue weighted by Crippen LogP contribution is -1.84. The maximum atomic E-state index is 3.61. The van der Waals surface area contributed by atoms with E-state index in [1.54, 1.807) is 0 Å². The van der Waals surface area contributed by atoms with Gasteiger partial charge in [-0.3, -0.25) is 0 Å². The summed E-state index contributed by atoms with van der Waals surface area (Å²) in [5.41, 5.74) is 0. The molecule has 0 heteroatoms. The first kappa shape index (κ1) is 9.22. The molecule has 1 unspecified atom stereocenters. The van der Waals surface area contributed by atoms with Gasteiger partial charge in [0.2, 0.25) is 0 Å². The van der Waals surface area contributed by atoms with Crippen LogP contribution in [0.1, 0.15) is 20.3 Å². The average molecular weight is 136 g/mol. The van der Waals surface area contributed by atoms with E-state index < -0.39 is 0 Å². The molecule has 56 valence electrons. The smallest absolute Gasteiger partial charge is 0.0224 e. The van der Waals surface area contributed by atoms with Gasteiger partial charge in [0.15, 0.2) is 0 Å². The Hall–Kier alpha value is -0.780. The topological polar surface area (TPSA) is 0 Å². The van der Waals surface area contributed by atoms with Crippen LogP contribution in [-0.2, 0) is 0 Å². The molecule has 0 amide bonds.